The van der Waals surface area contributed by atoms with Gasteiger partial charge in [0.15, 0.2) is 6.61 Å². The molecule has 0 bridgehead atoms. The van der Waals surface area contributed by atoms with E-state index >= 15 is 0 Å². The van der Waals surface area contributed by atoms with Crippen molar-refractivity contribution in [1.29, 1.82) is 0 Å². The van der Waals surface area contributed by atoms with Crippen molar-refractivity contribution in [3.8, 4) is 17.2 Å². The van der Waals surface area contributed by atoms with Crippen molar-refractivity contribution < 1.29 is 24.9 Å². The molecule has 1 unspecified atom stereocenters. The lowest BCUT2D eigenvalue weighted by Crippen LogP contribution is -2.28. The standard InChI is InChI=1S/C19H22N2O5.ClH/c22-13-5-1-3-12(7-13)4-2-6-20-10-17(24)15-8-14(23)9-16-19(15)26-11-18(25)21-16;/h1,3,5,7-9,17,20,22-24H,2,4,6,10-11H2,(H,21,25);1H. The number of phenols is 2. The number of halogens is 1. The second-order valence-corrected chi connectivity index (χ2v) is 6.24. The van der Waals surface area contributed by atoms with Crippen molar-refractivity contribution in [3.05, 3.63) is 47.5 Å². The summed E-state index contributed by atoms with van der Waals surface area (Å²) in [5, 5.41) is 35.5. The fourth-order valence-electron chi connectivity index (χ4n) is 2.94. The summed E-state index contributed by atoms with van der Waals surface area (Å²) in [5.74, 6) is 0.296. The molecule has 0 spiro atoms. The molecule has 2 aromatic carbocycles. The van der Waals surface area contributed by atoms with Crippen LogP contribution in [0, 0.1) is 0 Å². The zero-order valence-corrected chi connectivity index (χ0v) is 15.5. The minimum atomic E-state index is -0.883. The van der Waals surface area contributed by atoms with E-state index in [-0.39, 0.29) is 43.0 Å². The number of aliphatic hydroxyl groups is 1. The van der Waals surface area contributed by atoms with Gasteiger partial charge in [0, 0.05) is 18.2 Å². The van der Waals surface area contributed by atoms with E-state index in [0.717, 1.165) is 18.4 Å². The van der Waals surface area contributed by atoms with Gasteiger partial charge in [-0.3, -0.25) is 4.79 Å². The number of carbonyl (C=O) groups excluding carboxylic acids is 1. The monoisotopic (exact) mass is 394 g/mol. The Morgan fingerprint density at radius 3 is 2.78 bits per heavy atom. The molecule has 0 saturated carbocycles. The van der Waals surface area contributed by atoms with Crippen LogP contribution in [0.5, 0.6) is 17.2 Å². The van der Waals surface area contributed by atoms with Crippen molar-refractivity contribution >= 4 is 24.0 Å². The quantitative estimate of drug-likeness (QED) is 0.460. The summed E-state index contributed by atoms with van der Waals surface area (Å²) < 4.78 is 5.40. The van der Waals surface area contributed by atoms with Crippen LogP contribution >= 0.6 is 12.4 Å². The summed E-state index contributed by atoms with van der Waals surface area (Å²) >= 11 is 0. The van der Waals surface area contributed by atoms with Gasteiger partial charge in [-0.05, 0) is 43.1 Å². The van der Waals surface area contributed by atoms with Crippen LogP contribution in [-0.4, -0.2) is 40.9 Å². The van der Waals surface area contributed by atoms with Crippen LogP contribution in [0.25, 0.3) is 0 Å². The number of fused-ring (bicyclic) bond motifs is 1. The third-order valence-corrected chi connectivity index (χ3v) is 4.15. The first-order valence-electron chi connectivity index (χ1n) is 8.49. The number of benzene rings is 2. The van der Waals surface area contributed by atoms with Gasteiger partial charge in [0.25, 0.3) is 5.91 Å². The second kappa shape index (κ2) is 9.45. The Kier molecular flexibility index (Phi) is 7.29. The lowest BCUT2D eigenvalue weighted by Gasteiger charge is -2.23. The Morgan fingerprint density at radius 1 is 1.19 bits per heavy atom. The van der Waals surface area contributed by atoms with Crippen LogP contribution in [0.3, 0.4) is 0 Å². The average Bonchev–Trinajstić information content (AvgIpc) is 2.60. The molecular weight excluding hydrogens is 372 g/mol. The SMILES string of the molecule is Cl.O=C1COc2c(cc(O)cc2C(O)CNCCCc2cccc(O)c2)N1. The lowest BCUT2D eigenvalue weighted by molar-refractivity contribution is -0.118. The zero-order valence-electron chi connectivity index (χ0n) is 14.6. The molecule has 2 aromatic rings. The number of phenolic OH excluding ortho intramolecular Hbond substituents is 2. The Labute approximate surface area is 163 Å². The summed E-state index contributed by atoms with van der Waals surface area (Å²) in [5.41, 5.74) is 1.85. The van der Waals surface area contributed by atoms with Crippen LogP contribution in [0.2, 0.25) is 0 Å². The van der Waals surface area contributed by atoms with Crippen LogP contribution in [0.15, 0.2) is 36.4 Å². The minimum Gasteiger partial charge on any atom is -0.508 e. The first kappa shape index (κ1) is 20.8. The molecule has 7 nitrogen and oxygen atoms in total. The van der Waals surface area contributed by atoms with Gasteiger partial charge in [-0.2, -0.15) is 0 Å². The molecule has 8 heteroatoms. The fourth-order valence-corrected chi connectivity index (χ4v) is 2.94. The van der Waals surface area contributed by atoms with Gasteiger partial charge >= 0.3 is 0 Å². The average molecular weight is 395 g/mol. The van der Waals surface area contributed by atoms with E-state index in [1.807, 2.05) is 12.1 Å². The first-order valence-corrected chi connectivity index (χ1v) is 8.49. The number of amides is 1. The molecule has 1 amide bonds. The van der Waals surface area contributed by atoms with E-state index in [1.165, 1.54) is 12.1 Å². The number of aliphatic hydroxyl groups excluding tert-OH is 1. The third-order valence-electron chi connectivity index (χ3n) is 4.15. The largest absolute Gasteiger partial charge is 0.508 e. The molecule has 0 aliphatic carbocycles. The number of hydrogen-bond acceptors (Lipinski definition) is 6. The molecule has 0 saturated heterocycles. The highest BCUT2D eigenvalue weighted by Gasteiger charge is 2.24. The predicted molar refractivity (Wildman–Crippen MR) is 104 cm³/mol. The normalized spacial score (nSPS) is 13.7. The molecule has 1 heterocycles. The van der Waals surface area contributed by atoms with Crippen LogP contribution in [0.1, 0.15) is 23.7 Å². The smallest absolute Gasteiger partial charge is 0.262 e. The zero-order chi connectivity index (χ0) is 18.5. The van der Waals surface area contributed by atoms with E-state index in [2.05, 4.69) is 10.6 Å². The van der Waals surface area contributed by atoms with Crippen molar-refractivity contribution in [2.24, 2.45) is 0 Å². The van der Waals surface area contributed by atoms with E-state index in [9.17, 15) is 20.1 Å². The molecule has 146 valence electrons. The molecule has 27 heavy (non-hydrogen) atoms. The van der Waals surface area contributed by atoms with Gasteiger partial charge in [-0.15, -0.1) is 12.4 Å². The van der Waals surface area contributed by atoms with Crippen LogP contribution < -0.4 is 15.4 Å². The highest BCUT2D eigenvalue weighted by molar-refractivity contribution is 5.96. The third kappa shape index (κ3) is 5.50. The van der Waals surface area contributed by atoms with Gasteiger partial charge in [0.05, 0.1) is 11.8 Å². The van der Waals surface area contributed by atoms with E-state index in [4.69, 9.17) is 4.74 Å². The minimum absolute atomic E-state index is 0. The summed E-state index contributed by atoms with van der Waals surface area (Å²) in [6.45, 7) is 0.855. The highest BCUT2D eigenvalue weighted by Crippen LogP contribution is 2.38. The summed E-state index contributed by atoms with van der Waals surface area (Å²) in [6.07, 6.45) is 0.779. The van der Waals surface area contributed by atoms with Crippen molar-refractivity contribution in [3.63, 3.8) is 0 Å². The highest BCUT2D eigenvalue weighted by atomic mass is 35.5. The van der Waals surface area contributed by atoms with Crippen molar-refractivity contribution in [2.75, 3.05) is 25.0 Å². The van der Waals surface area contributed by atoms with Gasteiger partial charge in [0.2, 0.25) is 0 Å². The number of rotatable bonds is 7. The first-order chi connectivity index (χ1) is 12.5. The second-order valence-electron chi connectivity index (χ2n) is 6.24. The molecule has 0 fully saturated rings. The number of carbonyl (C=O) groups is 1. The molecule has 0 aromatic heterocycles. The van der Waals surface area contributed by atoms with Gasteiger partial charge in [-0.25, -0.2) is 0 Å². The number of ether oxygens (including phenoxy) is 1. The maximum absolute atomic E-state index is 11.4. The number of aryl methyl sites for hydroxylation is 1. The number of nitrogens with one attached hydrogen (secondary N) is 2. The molecule has 5 N–H and O–H groups in total. The Hall–Kier alpha value is -2.48. The van der Waals surface area contributed by atoms with Gasteiger partial charge in [0.1, 0.15) is 17.2 Å². The van der Waals surface area contributed by atoms with E-state index in [1.54, 1.807) is 12.1 Å². The topological polar surface area (TPSA) is 111 Å². The van der Waals surface area contributed by atoms with Gasteiger partial charge in [-0.1, -0.05) is 12.1 Å². The van der Waals surface area contributed by atoms with E-state index < -0.39 is 6.10 Å². The predicted octanol–water partition coefficient (Wildman–Crippen LogP) is 2.11. The molecule has 0 radical (unpaired) electrons. The fraction of sp³-hybridized carbons (Fsp3) is 0.316. The summed E-state index contributed by atoms with van der Waals surface area (Å²) in [4.78, 5) is 11.4. The van der Waals surface area contributed by atoms with Gasteiger partial charge < -0.3 is 30.7 Å². The van der Waals surface area contributed by atoms with Crippen molar-refractivity contribution in [1.82, 2.24) is 5.32 Å². The maximum atomic E-state index is 11.4. The van der Waals surface area contributed by atoms with Crippen LogP contribution in [0.4, 0.5) is 5.69 Å². The molecule has 1 aliphatic heterocycles. The Balaban J connectivity index is 0.00000261. The summed E-state index contributed by atoms with van der Waals surface area (Å²) in [7, 11) is 0. The molecule has 3 rings (SSSR count). The molecule has 1 aliphatic rings. The lowest BCUT2D eigenvalue weighted by atomic mass is 10.0. The number of aromatic hydroxyl groups is 2. The van der Waals surface area contributed by atoms with Crippen molar-refractivity contribution in [2.45, 2.75) is 18.9 Å². The Bertz CT molecular complexity index is 800. The summed E-state index contributed by atoms with van der Waals surface area (Å²) in [6, 6.07) is 9.98. The number of hydrogen-bond donors (Lipinski definition) is 5. The Morgan fingerprint density at radius 2 is 2.00 bits per heavy atom. The molecule has 1 atom stereocenters. The maximum Gasteiger partial charge on any atom is 0.262 e. The van der Waals surface area contributed by atoms with E-state index in [0.29, 0.717) is 23.5 Å². The molecular formula is C19H23ClN2O5. The number of anilines is 1. The van der Waals surface area contributed by atoms with Crippen LogP contribution in [-0.2, 0) is 11.2 Å².